The SMILES string of the molecule is CNC(C=O)CCn1ncc2c1N(C)CCO2. The second-order valence-corrected chi connectivity index (χ2v) is 4.15. The second kappa shape index (κ2) is 5.18. The summed E-state index contributed by atoms with van der Waals surface area (Å²) in [6.45, 7) is 2.26. The van der Waals surface area contributed by atoms with Crippen LogP contribution in [0.25, 0.3) is 0 Å². The zero-order chi connectivity index (χ0) is 12.3. The van der Waals surface area contributed by atoms with Crippen molar-refractivity contribution in [1.29, 1.82) is 0 Å². The molecule has 0 amide bonds. The number of carbonyl (C=O) groups excluding carboxylic acids is 1. The maximum atomic E-state index is 10.7. The predicted molar refractivity (Wildman–Crippen MR) is 64.5 cm³/mol. The van der Waals surface area contributed by atoms with Crippen LogP contribution in [0.15, 0.2) is 6.20 Å². The van der Waals surface area contributed by atoms with Crippen LogP contribution in [0.4, 0.5) is 5.82 Å². The van der Waals surface area contributed by atoms with Gasteiger partial charge in [-0.2, -0.15) is 5.10 Å². The van der Waals surface area contributed by atoms with Gasteiger partial charge >= 0.3 is 0 Å². The molecule has 6 nitrogen and oxygen atoms in total. The van der Waals surface area contributed by atoms with Gasteiger partial charge in [0.05, 0.1) is 18.8 Å². The fourth-order valence-electron chi connectivity index (χ4n) is 1.95. The molecule has 6 heteroatoms. The van der Waals surface area contributed by atoms with E-state index in [0.717, 1.165) is 30.8 Å². The number of aldehydes is 1. The Labute approximate surface area is 101 Å². The lowest BCUT2D eigenvalue weighted by Crippen LogP contribution is -2.32. The molecule has 0 saturated heterocycles. The van der Waals surface area contributed by atoms with Gasteiger partial charge in [0, 0.05) is 13.6 Å². The Morgan fingerprint density at radius 1 is 1.71 bits per heavy atom. The number of nitrogens with zero attached hydrogens (tertiary/aromatic N) is 3. The van der Waals surface area contributed by atoms with Crippen LogP contribution in [0.5, 0.6) is 5.75 Å². The van der Waals surface area contributed by atoms with E-state index in [4.69, 9.17) is 4.74 Å². The van der Waals surface area contributed by atoms with E-state index in [-0.39, 0.29) is 6.04 Å². The first-order valence-corrected chi connectivity index (χ1v) is 5.78. The predicted octanol–water partition coefficient (Wildman–Crippen LogP) is -0.111. The first kappa shape index (κ1) is 11.9. The van der Waals surface area contributed by atoms with Crippen LogP contribution in [0, 0.1) is 0 Å². The fraction of sp³-hybridized carbons (Fsp3) is 0.636. The van der Waals surface area contributed by atoms with Crippen LogP contribution in [-0.4, -0.2) is 49.4 Å². The van der Waals surface area contributed by atoms with Crippen molar-refractivity contribution < 1.29 is 9.53 Å². The van der Waals surface area contributed by atoms with Gasteiger partial charge in [0.2, 0.25) is 0 Å². The normalized spacial score (nSPS) is 16.2. The number of anilines is 1. The third kappa shape index (κ3) is 2.41. The highest BCUT2D eigenvalue weighted by Gasteiger charge is 2.20. The van der Waals surface area contributed by atoms with Gasteiger partial charge in [0.25, 0.3) is 0 Å². The van der Waals surface area contributed by atoms with Crippen molar-refractivity contribution in [3.63, 3.8) is 0 Å². The van der Waals surface area contributed by atoms with Gasteiger partial charge in [-0.05, 0) is 13.5 Å². The second-order valence-electron chi connectivity index (χ2n) is 4.15. The lowest BCUT2D eigenvalue weighted by Gasteiger charge is -2.26. The van der Waals surface area contributed by atoms with Crippen LogP contribution >= 0.6 is 0 Å². The number of fused-ring (bicyclic) bond motifs is 1. The Morgan fingerprint density at radius 3 is 3.24 bits per heavy atom. The summed E-state index contributed by atoms with van der Waals surface area (Å²) in [7, 11) is 3.81. The third-order valence-corrected chi connectivity index (χ3v) is 3.01. The van der Waals surface area contributed by atoms with Gasteiger partial charge in [-0.25, -0.2) is 4.68 Å². The van der Waals surface area contributed by atoms with Crippen LogP contribution in [0.1, 0.15) is 6.42 Å². The summed E-state index contributed by atoms with van der Waals surface area (Å²) in [5.41, 5.74) is 0. The number of rotatable bonds is 5. The van der Waals surface area contributed by atoms with Gasteiger partial charge in [-0.15, -0.1) is 0 Å². The molecule has 0 aromatic carbocycles. The van der Waals surface area contributed by atoms with Crippen LogP contribution in [0.2, 0.25) is 0 Å². The molecule has 0 radical (unpaired) electrons. The Balaban J connectivity index is 2.06. The number of likely N-dealkylation sites (N-methyl/N-ethyl adjacent to an activating group) is 2. The molecular weight excluding hydrogens is 220 g/mol. The van der Waals surface area contributed by atoms with E-state index in [1.165, 1.54) is 0 Å². The summed E-state index contributed by atoms with van der Waals surface area (Å²) in [6.07, 6.45) is 3.39. The average molecular weight is 238 g/mol. The molecule has 1 aromatic rings. The summed E-state index contributed by atoms with van der Waals surface area (Å²) in [5, 5.41) is 7.25. The van der Waals surface area contributed by atoms with Gasteiger partial charge in [0.1, 0.15) is 12.9 Å². The van der Waals surface area contributed by atoms with E-state index in [9.17, 15) is 4.79 Å². The molecule has 17 heavy (non-hydrogen) atoms. The van der Waals surface area contributed by atoms with E-state index >= 15 is 0 Å². The highest BCUT2D eigenvalue weighted by molar-refractivity contribution is 5.57. The average Bonchev–Trinajstić information content (AvgIpc) is 2.75. The Morgan fingerprint density at radius 2 is 2.53 bits per heavy atom. The summed E-state index contributed by atoms with van der Waals surface area (Å²) in [5.74, 6) is 1.82. The van der Waals surface area contributed by atoms with Crippen molar-refractivity contribution >= 4 is 12.1 Å². The maximum Gasteiger partial charge on any atom is 0.181 e. The van der Waals surface area contributed by atoms with Crippen molar-refractivity contribution in [2.45, 2.75) is 19.0 Å². The number of hydrogen-bond acceptors (Lipinski definition) is 5. The summed E-state index contributed by atoms with van der Waals surface area (Å²) < 4.78 is 7.42. The standard InChI is InChI=1S/C11H18N4O2/c1-12-9(8-16)3-4-15-11-10(7-13-15)17-6-5-14(11)2/h7-9,12H,3-6H2,1-2H3. The molecule has 1 atom stereocenters. The van der Waals surface area contributed by atoms with Gasteiger partial charge in [0.15, 0.2) is 11.6 Å². The topological polar surface area (TPSA) is 59.4 Å². The molecule has 0 fully saturated rings. The van der Waals surface area contributed by atoms with Gasteiger partial charge in [-0.1, -0.05) is 0 Å². The molecule has 1 aliphatic rings. The summed E-state index contributed by atoms with van der Waals surface area (Å²) in [6, 6.07) is -0.121. The van der Waals surface area contributed by atoms with E-state index in [2.05, 4.69) is 15.3 Å². The first-order valence-electron chi connectivity index (χ1n) is 5.78. The smallest absolute Gasteiger partial charge is 0.181 e. The van der Waals surface area contributed by atoms with E-state index in [1.54, 1.807) is 13.2 Å². The van der Waals surface area contributed by atoms with E-state index < -0.39 is 0 Å². The molecule has 1 aromatic heterocycles. The van der Waals surface area contributed by atoms with E-state index in [1.807, 2.05) is 11.7 Å². The molecule has 1 aliphatic heterocycles. The quantitative estimate of drug-likeness (QED) is 0.725. The zero-order valence-electron chi connectivity index (χ0n) is 10.2. The number of hydrogen-bond donors (Lipinski definition) is 1. The number of aryl methyl sites for hydroxylation is 1. The Hall–Kier alpha value is -1.56. The zero-order valence-corrected chi connectivity index (χ0v) is 10.2. The molecule has 0 bridgehead atoms. The summed E-state index contributed by atoms with van der Waals surface area (Å²) >= 11 is 0. The Kier molecular flexibility index (Phi) is 3.63. The lowest BCUT2D eigenvalue weighted by atomic mass is 10.2. The minimum atomic E-state index is -0.121. The minimum Gasteiger partial charge on any atom is -0.486 e. The maximum absolute atomic E-state index is 10.7. The monoisotopic (exact) mass is 238 g/mol. The highest BCUT2D eigenvalue weighted by atomic mass is 16.5. The number of ether oxygens (including phenoxy) is 1. The number of carbonyl (C=O) groups is 1. The first-order chi connectivity index (χ1) is 8.26. The van der Waals surface area contributed by atoms with Crippen molar-refractivity contribution in [3.05, 3.63) is 6.20 Å². The van der Waals surface area contributed by atoms with Crippen LogP contribution in [-0.2, 0) is 11.3 Å². The molecule has 94 valence electrons. The molecule has 1 unspecified atom stereocenters. The Bertz CT molecular complexity index is 391. The molecule has 0 aliphatic carbocycles. The molecule has 2 rings (SSSR count). The van der Waals surface area contributed by atoms with Crippen molar-refractivity contribution in [2.75, 3.05) is 32.1 Å². The third-order valence-electron chi connectivity index (χ3n) is 3.01. The summed E-state index contributed by atoms with van der Waals surface area (Å²) in [4.78, 5) is 12.8. The lowest BCUT2D eigenvalue weighted by molar-refractivity contribution is -0.109. The van der Waals surface area contributed by atoms with Crippen molar-refractivity contribution in [3.8, 4) is 5.75 Å². The largest absolute Gasteiger partial charge is 0.486 e. The number of aromatic nitrogens is 2. The molecular formula is C11H18N4O2. The fourth-order valence-corrected chi connectivity index (χ4v) is 1.95. The van der Waals surface area contributed by atoms with Crippen molar-refractivity contribution in [2.24, 2.45) is 0 Å². The molecule has 0 saturated carbocycles. The molecule has 1 N–H and O–H groups in total. The van der Waals surface area contributed by atoms with Crippen molar-refractivity contribution in [1.82, 2.24) is 15.1 Å². The van der Waals surface area contributed by atoms with Crippen LogP contribution in [0.3, 0.4) is 0 Å². The molecule has 2 heterocycles. The van der Waals surface area contributed by atoms with Gasteiger partial charge in [-0.3, -0.25) is 0 Å². The van der Waals surface area contributed by atoms with Gasteiger partial charge < -0.3 is 19.7 Å². The molecule has 0 spiro atoms. The number of nitrogens with one attached hydrogen (secondary N) is 1. The minimum absolute atomic E-state index is 0.121. The highest BCUT2D eigenvalue weighted by Crippen LogP contribution is 2.30. The van der Waals surface area contributed by atoms with Crippen LogP contribution < -0.4 is 15.0 Å². The van der Waals surface area contributed by atoms with E-state index in [0.29, 0.717) is 13.2 Å².